The maximum absolute atomic E-state index is 13.7. The highest BCUT2D eigenvalue weighted by molar-refractivity contribution is 7.90. The van der Waals surface area contributed by atoms with Gasteiger partial charge in [0, 0.05) is 12.8 Å². The third-order valence-electron chi connectivity index (χ3n) is 3.29. The van der Waals surface area contributed by atoms with E-state index in [1.165, 1.54) is 6.07 Å². The molecule has 0 bridgehead atoms. The Bertz CT molecular complexity index is 610. The van der Waals surface area contributed by atoms with Crippen molar-refractivity contribution < 1.29 is 17.6 Å². The summed E-state index contributed by atoms with van der Waals surface area (Å²) in [7, 11) is -3.43. The van der Waals surface area contributed by atoms with Gasteiger partial charge in [-0.3, -0.25) is 4.79 Å². The van der Waals surface area contributed by atoms with Gasteiger partial charge in [-0.1, -0.05) is 0 Å². The molecule has 1 aromatic carbocycles. The molecule has 0 spiro atoms. The molecule has 0 saturated carbocycles. The van der Waals surface area contributed by atoms with Crippen LogP contribution in [0, 0.1) is 11.7 Å². The van der Waals surface area contributed by atoms with Gasteiger partial charge in [0.25, 0.3) is 0 Å². The monoisotopic (exact) mass is 300 g/mol. The fraction of sp³-hybridized carbons (Fsp3) is 0.462. The van der Waals surface area contributed by atoms with Crippen LogP contribution in [-0.2, 0) is 14.6 Å². The van der Waals surface area contributed by atoms with E-state index in [4.69, 9.17) is 0 Å². The second kappa shape index (κ2) is 5.88. The minimum Gasteiger partial charge on any atom is -0.323 e. The number of halogens is 1. The second-order valence-corrected chi connectivity index (χ2v) is 6.96. The van der Waals surface area contributed by atoms with Crippen LogP contribution in [0.5, 0.6) is 0 Å². The van der Waals surface area contributed by atoms with Crippen LogP contribution in [0.2, 0.25) is 0 Å². The van der Waals surface area contributed by atoms with Crippen molar-refractivity contribution in [2.45, 2.75) is 17.7 Å². The lowest BCUT2D eigenvalue weighted by Gasteiger charge is -2.22. The Hall–Kier alpha value is -1.47. The zero-order valence-corrected chi connectivity index (χ0v) is 12.0. The summed E-state index contributed by atoms with van der Waals surface area (Å²) in [5.41, 5.74) is -0.0940. The molecule has 5 nitrogen and oxygen atoms in total. The number of sulfone groups is 1. The molecule has 0 unspecified atom stereocenters. The van der Waals surface area contributed by atoms with Crippen LogP contribution in [0.4, 0.5) is 10.1 Å². The number of anilines is 1. The highest BCUT2D eigenvalue weighted by atomic mass is 32.2. The predicted octanol–water partition coefficient (Wildman–Crippen LogP) is 1.17. The van der Waals surface area contributed by atoms with Crippen molar-refractivity contribution in [3.05, 3.63) is 24.0 Å². The normalized spacial score (nSPS) is 19.6. The number of piperidine rings is 1. The Morgan fingerprint density at radius 3 is 2.80 bits per heavy atom. The lowest BCUT2D eigenvalue weighted by molar-refractivity contribution is -0.120. The molecule has 1 fully saturated rings. The molecule has 0 aliphatic carbocycles. The van der Waals surface area contributed by atoms with Crippen LogP contribution in [0.1, 0.15) is 12.8 Å². The summed E-state index contributed by atoms with van der Waals surface area (Å²) < 4.78 is 36.5. The van der Waals surface area contributed by atoms with E-state index < -0.39 is 15.7 Å². The van der Waals surface area contributed by atoms with E-state index >= 15 is 0 Å². The van der Waals surface area contributed by atoms with Crippen LogP contribution < -0.4 is 10.6 Å². The lowest BCUT2D eigenvalue weighted by atomic mass is 9.99. The van der Waals surface area contributed by atoms with E-state index in [-0.39, 0.29) is 22.4 Å². The summed E-state index contributed by atoms with van der Waals surface area (Å²) in [5, 5.41) is 5.58. The van der Waals surface area contributed by atoms with Gasteiger partial charge in [0.15, 0.2) is 9.84 Å². The molecule has 1 aliphatic rings. The molecular formula is C13H17FN2O3S. The molecular weight excluding hydrogens is 283 g/mol. The average Bonchev–Trinajstić information content (AvgIpc) is 2.41. The van der Waals surface area contributed by atoms with Crippen molar-refractivity contribution in [2.75, 3.05) is 24.7 Å². The van der Waals surface area contributed by atoms with Crippen molar-refractivity contribution in [1.82, 2.24) is 5.32 Å². The SMILES string of the molecule is CS(=O)(=O)c1ccc(F)c(NC(=O)[C@@H]2CCCNC2)c1. The van der Waals surface area contributed by atoms with Crippen molar-refractivity contribution in [3.8, 4) is 0 Å². The van der Waals surface area contributed by atoms with E-state index in [0.29, 0.717) is 6.54 Å². The largest absolute Gasteiger partial charge is 0.323 e. The number of nitrogens with one attached hydrogen (secondary N) is 2. The minimum absolute atomic E-state index is 0.0176. The zero-order valence-electron chi connectivity index (χ0n) is 11.1. The number of rotatable bonds is 3. The first kappa shape index (κ1) is 14.9. The van der Waals surface area contributed by atoms with Crippen molar-refractivity contribution in [2.24, 2.45) is 5.92 Å². The first-order chi connectivity index (χ1) is 9.38. The van der Waals surface area contributed by atoms with Gasteiger partial charge in [-0.15, -0.1) is 0 Å². The molecule has 0 radical (unpaired) electrons. The minimum atomic E-state index is -3.43. The molecule has 1 atom stereocenters. The van der Waals surface area contributed by atoms with Gasteiger partial charge in [0.1, 0.15) is 5.82 Å². The predicted molar refractivity (Wildman–Crippen MR) is 73.7 cm³/mol. The Labute approximate surface area is 117 Å². The van der Waals surface area contributed by atoms with Crippen LogP contribution in [-0.4, -0.2) is 33.7 Å². The summed E-state index contributed by atoms with van der Waals surface area (Å²) in [5.74, 6) is -1.15. The highest BCUT2D eigenvalue weighted by Gasteiger charge is 2.22. The number of hydrogen-bond acceptors (Lipinski definition) is 4. The number of benzene rings is 1. The standard InChI is InChI=1S/C13H17FN2O3S/c1-20(18,19)10-4-5-11(14)12(7-10)16-13(17)9-3-2-6-15-8-9/h4-5,7,9,15H,2-3,6,8H2,1H3,(H,16,17)/t9-/m1/s1. The molecule has 1 aromatic rings. The Kier molecular flexibility index (Phi) is 4.39. The van der Waals surface area contributed by atoms with Gasteiger partial charge >= 0.3 is 0 Å². The van der Waals surface area contributed by atoms with Crippen LogP contribution in [0.25, 0.3) is 0 Å². The quantitative estimate of drug-likeness (QED) is 0.822. The molecule has 2 rings (SSSR count). The third kappa shape index (κ3) is 3.55. The fourth-order valence-electron chi connectivity index (χ4n) is 2.14. The molecule has 110 valence electrons. The Morgan fingerprint density at radius 1 is 1.45 bits per heavy atom. The van der Waals surface area contributed by atoms with Crippen LogP contribution in [0.3, 0.4) is 0 Å². The van der Waals surface area contributed by atoms with E-state index in [9.17, 15) is 17.6 Å². The van der Waals surface area contributed by atoms with Gasteiger partial charge in [0.2, 0.25) is 5.91 Å². The average molecular weight is 300 g/mol. The number of carbonyl (C=O) groups is 1. The van der Waals surface area contributed by atoms with Crippen LogP contribution in [0.15, 0.2) is 23.1 Å². The lowest BCUT2D eigenvalue weighted by Crippen LogP contribution is -2.37. The molecule has 1 aliphatic heterocycles. The summed E-state index contributed by atoms with van der Waals surface area (Å²) >= 11 is 0. The van der Waals surface area contributed by atoms with Gasteiger partial charge in [-0.2, -0.15) is 0 Å². The highest BCUT2D eigenvalue weighted by Crippen LogP contribution is 2.21. The van der Waals surface area contributed by atoms with Gasteiger partial charge in [0.05, 0.1) is 16.5 Å². The summed E-state index contributed by atoms with van der Waals surface area (Å²) in [4.78, 5) is 12.0. The molecule has 1 heterocycles. The van der Waals surface area contributed by atoms with Gasteiger partial charge in [-0.25, -0.2) is 12.8 Å². The number of carbonyl (C=O) groups excluding carboxylic acids is 1. The second-order valence-electron chi connectivity index (χ2n) is 4.95. The molecule has 7 heteroatoms. The zero-order chi connectivity index (χ0) is 14.8. The van der Waals surface area contributed by atoms with E-state index in [2.05, 4.69) is 10.6 Å². The van der Waals surface area contributed by atoms with Crippen molar-refractivity contribution in [3.63, 3.8) is 0 Å². The summed E-state index contributed by atoms with van der Waals surface area (Å²) in [6.07, 6.45) is 2.67. The van der Waals surface area contributed by atoms with Crippen molar-refractivity contribution >= 4 is 21.4 Å². The maximum Gasteiger partial charge on any atom is 0.228 e. The maximum atomic E-state index is 13.7. The number of hydrogen-bond donors (Lipinski definition) is 2. The van der Waals surface area contributed by atoms with E-state index in [1.807, 2.05) is 0 Å². The molecule has 20 heavy (non-hydrogen) atoms. The first-order valence-electron chi connectivity index (χ1n) is 6.39. The van der Waals surface area contributed by atoms with Gasteiger partial charge in [-0.05, 0) is 37.6 Å². The van der Waals surface area contributed by atoms with E-state index in [0.717, 1.165) is 37.8 Å². The van der Waals surface area contributed by atoms with Gasteiger partial charge < -0.3 is 10.6 Å². The Morgan fingerprint density at radius 2 is 2.20 bits per heavy atom. The third-order valence-corrected chi connectivity index (χ3v) is 4.40. The summed E-state index contributed by atoms with van der Waals surface area (Å²) in [6, 6.07) is 3.38. The molecule has 1 amide bonds. The van der Waals surface area contributed by atoms with Crippen molar-refractivity contribution in [1.29, 1.82) is 0 Å². The Balaban J connectivity index is 2.18. The smallest absolute Gasteiger partial charge is 0.228 e. The molecule has 0 aromatic heterocycles. The summed E-state index contributed by atoms with van der Waals surface area (Å²) in [6.45, 7) is 1.43. The number of amides is 1. The van der Waals surface area contributed by atoms with E-state index in [1.54, 1.807) is 0 Å². The molecule has 1 saturated heterocycles. The van der Waals surface area contributed by atoms with Crippen LogP contribution >= 0.6 is 0 Å². The first-order valence-corrected chi connectivity index (χ1v) is 8.28. The molecule has 2 N–H and O–H groups in total. The fourth-order valence-corrected chi connectivity index (χ4v) is 2.79. The topological polar surface area (TPSA) is 75.3 Å².